The van der Waals surface area contributed by atoms with E-state index in [2.05, 4.69) is 10.3 Å². The van der Waals surface area contributed by atoms with Crippen molar-refractivity contribution in [2.24, 2.45) is 0 Å². The van der Waals surface area contributed by atoms with Gasteiger partial charge in [-0.2, -0.15) is 0 Å². The van der Waals surface area contributed by atoms with Crippen molar-refractivity contribution in [3.05, 3.63) is 57.9 Å². The normalized spacial score (nSPS) is 10.2. The van der Waals surface area contributed by atoms with E-state index in [0.717, 1.165) is 0 Å². The topological polar surface area (TPSA) is 71.3 Å². The molecule has 7 heteroatoms. The van der Waals surface area contributed by atoms with Crippen LogP contribution in [0.1, 0.15) is 5.56 Å². The van der Waals surface area contributed by atoms with Gasteiger partial charge >= 0.3 is 5.69 Å². The van der Waals surface area contributed by atoms with E-state index < -0.39 is 4.92 Å². The van der Waals surface area contributed by atoms with Crippen LogP contribution in [-0.2, 0) is 6.54 Å². The zero-order chi connectivity index (χ0) is 15.4. The van der Waals surface area contributed by atoms with Gasteiger partial charge in [0.1, 0.15) is 11.6 Å². The van der Waals surface area contributed by atoms with Crippen LogP contribution in [0.15, 0.2) is 36.4 Å². The first-order chi connectivity index (χ1) is 10.0. The predicted molar refractivity (Wildman–Crippen MR) is 78.9 cm³/mol. The maximum absolute atomic E-state index is 13.7. The molecule has 2 aromatic rings. The molecule has 1 N–H and O–H groups in total. The number of pyridine rings is 1. The lowest BCUT2D eigenvalue weighted by atomic mass is 10.2. The van der Waals surface area contributed by atoms with Crippen LogP contribution in [0.3, 0.4) is 0 Å². The van der Waals surface area contributed by atoms with E-state index in [-0.39, 0.29) is 23.9 Å². The monoisotopic (exact) mass is 290 g/mol. The van der Waals surface area contributed by atoms with Crippen molar-refractivity contribution in [1.29, 1.82) is 0 Å². The number of rotatable bonds is 5. The van der Waals surface area contributed by atoms with Gasteiger partial charge in [-0.1, -0.05) is 18.2 Å². The number of halogens is 1. The zero-order valence-corrected chi connectivity index (χ0v) is 11.7. The lowest BCUT2D eigenvalue weighted by Gasteiger charge is -2.19. The quantitative estimate of drug-likeness (QED) is 0.677. The van der Waals surface area contributed by atoms with Crippen LogP contribution in [0.4, 0.5) is 21.7 Å². The average molecular weight is 290 g/mol. The second-order valence-corrected chi connectivity index (χ2v) is 4.49. The lowest BCUT2D eigenvalue weighted by molar-refractivity contribution is -0.384. The van der Waals surface area contributed by atoms with Crippen molar-refractivity contribution in [2.45, 2.75) is 6.54 Å². The maximum atomic E-state index is 13.7. The van der Waals surface area contributed by atoms with Gasteiger partial charge in [0.05, 0.1) is 4.92 Å². The fourth-order valence-corrected chi connectivity index (χ4v) is 1.96. The number of hydrogen-bond donors (Lipinski definition) is 1. The molecule has 21 heavy (non-hydrogen) atoms. The molecule has 0 unspecified atom stereocenters. The highest BCUT2D eigenvalue weighted by Crippen LogP contribution is 2.28. The van der Waals surface area contributed by atoms with Gasteiger partial charge in [0.2, 0.25) is 5.82 Å². The molecule has 0 amide bonds. The SMILES string of the molecule is CNc1ccc([N+](=O)[O-])c(N(C)Cc2ccccc2F)n1. The number of nitro groups is 1. The van der Waals surface area contributed by atoms with Crippen LogP contribution in [0.5, 0.6) is 0 Å². The minimum atomic E-state index is -0.500. The van der Waals surface area contributed by atoms with Crippen molar-refractivity contribution in [1.82, 2.24) is 4.98 Å². The van der Waals surface area contributed by atoms with Crippen molar-refractivity contribution in [3.8, 4) is 0 Å². The molecular formula is C14H15FN4O2. The number of aromatic nitrogens is 1. The molecule has 0 atom stereocenters. The van der Waals surface area contributed by atoms with E-state index in [1.54, 1.807) is 37.2 Å². The van der Waals surface area contributed by atoms with Crippen molar-refractivity contribution < 1.29 is 9.31 Å². The molecule has 110 valence electrons. The Morgan fingerprint density at radius 1 is 1.33 bits per heavy atom. The van der Waals surface area contributed by atoms with Crippen LogP contribution in [0.25, 0.3) is 0 Å². The van der Waals surface area contributed by atoms with Crippen LogP contribution in [0, 0.1) is 15.9 Å². The van der Waals surface area contributed by atoms with E-state index >= 15 is 0 Å². The standard InChI is InChI=1S/C14H15FN4O2/c1-16-13-8-7-12(19(20)21)14(17-13)18(2)9-10-5-3-4-6-11(10)15/h3-8H,9H2,1-2H3,(H,16,17). The molecule has 1 aromatic carbocycles. The second-order valence-electron chi connectivity index (χ2n) is 4.49. The predicted octanol–water partition coefficient (Wildman–Crippen LogP) is 2.81. The van der Waals surface area contributed by atoms with Crippen molar-refractivity contribution in [2.75, 3.05) is 24.3 Å². The number of benzene rings is 1. The summed E-state index contributed by atoms with van der Waals surface area (Å²) < 4.78 is 13.7. The molecular weight excluding hydrogens is 275 g/mol. The van der Waals surface area contributed by atoms with Gasteiger partial charge in [0, 0.05) is 32.3 Å². The summed E-state index contributed by atoms with van der Waals surface area (Å²) in [7, 11) is 3.32. The van der Waals surface area contributed by atoms with Crippen LogP contribution in [-0.4, -0.2) is 24.0 Å². The number of nitrogens with zero attached hydrogens (tertiary/aromatic N) is 3. The van der Waals surface area contributed by atoms with Crippen LogP contribution >= 0.6 is 0 Å². The molecule has 2 rings (SSSR count). The molecule has 0 saturated heterocycles. The molecule has 0 spiro atoms. The van der Waals surface area contributed by atoms with Crippen LogP contribution < -0.4 is 10.2 Å². The van der Waals surface area contributed by atoms with E-state index in [0.29, 0.717) is 11.4 Å². The third kappa shape index (κ3) is 3.25. The Kier molecular flexibility index (Phi) is 4.32. The Morgan fingerprint density at radius 2 is 2.05 bits per heavy atom. The van der Waals surface area contributed by atoms with Gasteiger partial charge in [-0.25, -0.2) is 9.37 Å². The zero-order valence-electron chi connectivity index (χ0n) is 11.7. The van der Waals surface area contributed by atoms with Crippen molar-refractivity contribution >= 4 is 17.3 Å². The first-order valence-corrected chi connectivity index (χ1v) is 6.30. The molecule has 6 nitrogen and oxygen atoms in total. The van der Waals surface area contributed by atoms with Crippen molar-refractivity contribution in [3.63, 3.8) is 0 Å². The van der Waals surface area contributed by atoms with E-state index in [4.69, 9.17) is 0 Å². The number of hydrogen-bond acceptors (Lipinski definition) is 5. The molecule has 1 heterocycles. The molecule has 0 radical (unpaired) electrons. The molecule has 1 aromatic heterocycles. The average Bonchev–Trinajstić information content (AvgIpc) is 2.48. The molecule has 0 bridgehead atoms. The number of anilines is 2. The highest BCUT2D eigenvalue weighted by atomic mass is 19.1. The lowest BCUT2D eigenvalue weighted by Crippen LogP contribution is -2.20. The molecule has 0 aliphatic rings. The fourth-order valence-electron chi connectivity index (χ4n) is 1.96. The van der Waals surface area contributed by atoms with Gasteiger partial charge in [-0.05, 0) is 12.1 Å². The second kappa shape index (κ2) is 6.17. The van der Waals surface area contributed by atoms with Gasteiger partial charge in [0.15, 0.2) is 0 Å². The molecule has 0 aliphatic carbocycles. The summed E-state index contributed by atoms with van der Waals surface area (Å²) in [5, 5.41) is 13.9. The summed E-state index contributed by atoms with van der Waals surface area (Å²) in [4.78, 5) is 16.3. The summed E-state index contributed by atoms with van der Waals surface area (Å²) in [6.07, 6.45) is 0. The first-order valence-electron chi connectivity index (χ1n) is 6.30. The van der Waals surface area contributed by atoms with E-state index in [1.807, 2.05) is 0 Å². The molecule has 0 fully saturated rings. The maximum Gasteiger partial charge on any atom is 0.311 e. The van der Waals surface area contributed by atoms with Gasteiger partial charge in [-0.15, -0.1) is 0 Å². The Bertz CT molecular complexity index is 663. The summed E-state index contributed by atoms with van der Waals surface area (Å²) >= 11 is 0. The summed E-state index contributed by atoms with van der Waals surface area (Å²) in [6.45, 7) is 0.188. The molecule has 0 saturated carbocycles. The highest BCUT2D eigenvalue weighted by molar-refractivity contribution is 5.61. The minimum Gasteiger partial charge on any atom is -0.373 e. The van der Waals surface area contributed by atoms with Gasteiger partial charge in [-0.3, -0.25) is 10.1 Å². The van der Waals surface area contributed by atoms with Gasteiger partial charge in [0.25, 0.3) is 0 Å². The van der Waals surface area contributed by atoms with Crippen LogP contribution in [0.2, 0.25) is 0 Å². The smallest absolute Gasteiger partial charge is 0.311 e. The Labute approximate surface area is 121 Å². The summed E-state index contributed by atoms with van der Waals surface area (Å²) in [5.41, 5.74) is 0.332. The fraction of sp³-hybridized carbons (Fsp3) is 0.214. The minimum absolute atomic E-state index is 0.118. The largest absolute Gasteiger partial charge is 0.373 e. The van der Waals surface area contributed by atoms with E-state index in [9.17, 15) is 14.5 Å². The first kappa shape index (κ1) is 14.7. The molecule has 0 aliphatic heterocycles. The highest BCUT2D eigenvalue weighted by Gasteiger charge is 2.20. The number of nitrogens with one attached hydrogen (secondary N) is 1. The summed E-state index contributed by atoms with van der Waals surface area (Å²) in [6, 6.07) is 9.22. The third-order valence-electron chi connectivity index (χ3n) is 3.03. The van der Waals surface area contributed by atoms with E-state index in [1.165, 1.54) is 18.2 Å². The third-order valence-corrected chi connectivity index (χ3v) is 3.03. The van der Waals surface area contributed by atoms with Gasteiger partial charge < -0.3 is 10.2 Å². The Balaban J connectivity index is 2.35. The Hall–Kier alpha value is -2.70. The Morgan fingerprint density at radius 3 is 2.67 bits per heavy atom. The summed E-state index contributed by atoms with van der Waals surface area (Å²) in [5.74, 6) is 0.350.